The van der Waals surface area contributed by atoms with E-state index in [0.717, 1.165) is 42.5 Å². The number of rotatable bonds is 7. The van der Waals surface area contributed by atoms with E-state index in [9.17, 15) is 0 Å². The molecule has 2 rings (SSSR count). The first-order valence-electron chi connectivity index (χ1n) is 7.83. The Labute approximate surface area is 122 Å². The third-order valence-corrected chi connectivity index (χ3v) is 4.14. The normalized spacial score (nSPS) is 15.2. The van der Waals surface area contributed by atoms with E-state index in [1.54, 1.807) is 0 Å². The van der Waals surface area contributed by atoms with Gasteiger partial charge in [-0.1, -0.05) is 20.8 Å². The van der Waals surface area contributed by atoms with Crippen molar-refractivity contribution in [3.8, 4) is 0 Å². The highest BCUT2D eigenvalue weighted by Gasteiger charge is 2.28. The Morgan fingerprint density at radius 1 is 1.10 bits per heavy atom. The third kappa shape index (κ3) is 3.62. The van der Waals surface area contributed by atoms with Gasteiger partial charge in [-0.05, 0) is 38.5 Å². The van der Waals surface area contributed by atoms with Gasteiger partial charge in [-0.25, -0.2) is 9.97 Å². The molecule has 4 heteroatoms. The second kappa shape index (κ2) is 5.98. The number of anilines is 2. The third-order valence-electron chi connectivity index (χ3n) is 4.14. The minimum Gasteiger partial charge on any atom is -0.370 e. The van der Waals surface area contributed by atoms with Crippen LogP contribution in [0.5, 0.6) is 0 Å². The molecule has 1 aliphatic rings. The van der Waals surface area contributed by atoms with Crippen LogP contribution in [0, 0.1) is 12.3 Å². The smallest absolute Gasteiger partial charge is 0.136 e. The van der Waals surface area contributed by atoms with Crippen molar-refractivity contribution >= 4 is 11.6 Å². The van der Waals surface area contributed by atoms with Crippen molar-refractivity contribution in [2.75, 3.05) is 23.7 Å². The topological polar surface area (TPSA) is 49.8 Å². The first-order chi connectivity index (χ1) is 9.46. The average molecular weight is 276 g/mol. The van der Waals surface area contributed by atoms with Gasteiger partial charge in [0.1, 0.15) is 17.5 Å². The molecule has 112 valence electrons. The molecule has 0 aromatic carbocycles. The zero-order chi connectivity index (χ0) is 14.8. The molecule has 0 amide bonds. The van der Waals surface area contributed by atoms with Crippen LogP contribution >= 0.6 is 0 Å². The van der Waals surface area contributed by atoms with E-state index in [-0.39, 0.29) is 5.41 Å². The van der Waals surface area contributed by atoms with Gasteiger partial charge >= 0.3 is 0 Å². The molecule has 1 aliphatic carbocycles. The molecule has 0 radical (unpaired) electrons. The van der Waals surface area contributed by atoms with Gasteiger partial charge in [-0.2, -0.15) is 0 Å². The van der Waals surface area contributed by atoms with Crippen LogP contribution in [0.15, 0.2) is 0 Å². The Morgan fingerprint density at radius 2 is 1.70 bits per heavy atom. The first kappa shape index (κ1) is 15.1. The van der Waals surface area contributed by atoms with Crippen molar-refractivity contribution in [2.45, 2.75) is 59.8 Å². The summed E-state index contributed by atoms with van der Waals surface area (Å²) in [4.78, 5) is 9.44. The fraction of sp³-hybridized carbons (Fsp3) is 0.750. The predicted octanol–water partition coefficient (Wildman–Crippen LogP) is 3.94. The Kier molecular flexibility index (Phi) is 4.51. The molecule has 0 aliphatic heterocycles. The monoisotopic (exact) mass is 276 g/mol. The number of hydrogen-bond acceptors (Lipinski definition) is 4. The highest BCUT2D eigenvalue weighted by Crippen LogP contribution is 2.39. The lowest BCUT2D eigenvalue weighted by Crippen LogP contribution is -2.23. The minimum absolute atomic E-state index is 0.287. The summed E-state index contributed by atoms with van der Waals surface area (Å²) in [5, 5.41) is 6.89. The van der Waals surface area contributed by atoms with Crippen molar-refractivity contribution in [3.05, 3.63) is 11.4 Å². The standard InChI is InChI=1S/C16H28N4/c1-6-16(4,5)10-18-14-11(3)13(17-7-2)19-15(20-14)12-8-9-12/h12H,6-10H2,1-5H3,(H2,17,18,19,20). The summed E-state index contributed by atoms with van der Waals surface area (Å²) >= 11 is 0. The molecule has 0 saturated heterocycles. The van der Waals surface area contributed by atoms with Crippen molar-refractivity contribution in [1.82, 2.24) is 9.97 Å². The fourth-order valence-corrected chi connectivity index (χ4v) is 2.02. The molecule has 1 aromatic heterocycles. The zero-order valence-corrected chi connectivity index (χ0v) is 13.5. The quantitative estimate of drug-likeness (QED) is 0.792. The lowest BCUT2D eigenvalue weighted by atomic mass is 9.90. The van der Waals surface area contributed by atoms with Crippen molar-refractivity contribution in [1.29, 1.82) is 0 Å². The van der Waals surface area contributed by atoms with E-state index in [2.05, 4.69) is 50.2 Å². The molecule has 4 nitrogen and oxygen atoms in total. The van der Waals surface area contributed by atoms with Crippen LogP contribution in [0.3, 0.4) is 0 Å². The molecule has 1 aromatic rings. The van der Waals surface area contributed by atoms with Crippen LogP contribution < -0.4 is 10.6 Å². The summed E-state index contributed by atoms with van der Waals surface area (Å²) in [6.07, 6.45) is 3.61. The molecule has 20 heavy (non-hydrogen) atoms. The number of aromatic nitrogens is 2. The summed E-state index contributed by atoms with van der Waals surface area (Å²) in [6.45, 7) is 12.8. The van der Waals surface area contributed by atoms with Crippen molar-refractivity contribution < 1.29 is 0 Å². The molecule has 1 heterocycles. The maximum Gasteiger partial charge on any atom is 0.136 e. The first-order valence-corrected chi connectivity index (χ1v) is 7.83. The summed E-state index contributed by atoms with van der Waals surface area (Å²) in [5.41, 5.74) is 1.42. The van der Waals surface area contributed by atoms with Crippen LogP contribution in [0.25, 0.3) is 0 Å². The second-order valence-electron chi connectivity index (χ2n) is 6.58. The van der Waals surface area contributed by atoms with E-state index in [1.165, 1.54) is 12.8 Å². The number of nitrogens with one attached hydrogen (secondary N) is 2. The van der Waals surface area contributed by atoms with Crippen LogP contribution in [0.1, 0.15) is 64.3 Å². The SMILES string of the molecule is CCNc1nc(C2CC2)nc(NCC(C)(C)CC)c1C. The van der Waals surface area contributed by atoms with E-state index in [4.69, 9.17) is 4.98 Å². The summed E-state index contributed by atoms with van der Waals surface area (Å²) in [5.74, 6) is 3.57. The molecule has 0 bridgehead atoms. The summed E-state index contributed by atoms with van der Waals surface area (Å²) in [6, 6.07) is 0. The highest BCUT2D eigenvalue weighted by atomic mass is 15.1. The van der Waals surface area contributed by atoms with Gasteiger partial charge in [-0.3, -0.25) is 0 Å². The van der Waals surface area contributed by atoms with E-state index in [1.807, 2.05) is 0 Å². The van der Waals surface area contributed by atoms with Gasteiger partial charge in [0.2, 0.25) is 0 Å². The lowest BCUT2D eigenvalue weighted by molar-refractivity contribution is 0.376. The minimum atomic E-state index is 0.287. The Bertz CT molecular complexity index is 464. The molecule has 1 fully saturated rings. The molecule has 0 atom stereocenters. The molecular weight excluding hydrogens is 248 g/mol. The van der Waals surface area contributed by atoms with Gasteiger partial charge in [0.25, 0.3) is 0 Å². The van der Waals surface area contributed by atoms with Crippen LogP contribution in [-0.4, -0.2) is 23.1 Å². The highest BCUT2D eigenvalue weighted by molar-refractivity contribution is 5.57. The molecule has 2 N–H and O–H groups in total. The molecule has 0 unspecified atom stereocenters. The van der Waals surface area contributed by atoms with Crippen LogP contribution in [0.4, 0.5) is 11.6 Å². The maximum atomic E-state index is 4.75. The van der Waals surface area contributed by atoms with Gasteiger partial charge < -0.3 is 10.6 Å². The largest absolute Gasteiger partial charge is 0.370 e. The molecule has 1 saturated carbocycles. The number of nitrogens with zero attached hydrogens (tertiary/aromatic N) is 2. The van der Waals surface area contributed by atoms with Gasteiger partial charge in [0.15, 0.2) is 0 Å². The lowest BCUT2D eigenvalue weighted by Gasteiger charge is -2.24. The maximum absolute atomic E-state index is 4.75. The zero-order valence-electron chi connectivity index (χ0n) is 13.5. The summed E-state index contributed by atoms with van der Waals surface area (Å²) in [7, 11) is 0. The number of hydrogen-bond donors (Lipinski definition) is 2. The average Bonchev–Trinajstić information content (AvgIpc) is 3.24. The van der Waals surface area contributed by atoms with Gasteiger partial charge in [0, 0.05) is 24.6 Å². The summed E-state index contributed by atoms with van der Waals surface area (Å²) < 4.78 is 0. The van der Waals surface area contributed by atoms with Crippen LogP contribution in [0.2, 0.25) is 0 Å². The fourth-order valence-electron chi connectivity index (χ4n) is 2.02. The molecular formula is C16H28N4. The Morgan fingerprint density at radius 3 is 2.20 bits per heavy atom. The van der Waals surface area contributed by atoms with Gasteiger partial charge in [0.05, 0.1) is 0 Å². The van der Waals surface area contributed by atoms with E-state index < -0.39 is 0 Å². The predicted molar refractivity (Wildman–Crippen MR) is 85.5 cm³/mol. The molecule has 0 spiro atoms. The van der Waals surface area contributed by atoms with E-state index >= 15 is 0 Å². The second-order valence-corrected chi connectivity index (χ2v) is 6.58. The van der Waals surface area contributed by atoms with E-state index in [0.29, 0.717) is 5.92 Å². The van der Waals surface area contributed by atoms with Crippen LogP contribution in [-0.2, 0) is 0 Å². The van der Waals surface area contributed by atoms with Crippen molar-refractivity contribution in [2.24, 2.45) is 5.41 Å². The van der Waals surface area contributed by atoms with Crippen molar-refractivity contribution in [3.63, 3.8) is 0 Å². The Hall–Kier alpha value is -1.32. The Balaban J connectivity index is 2.21. The van der Waals surface area contributed by atoms with Gasteiger partial charge in [-0.15, -0.1) is 0 Å².